The van der Waals surface area contributed by atoms with E-state index in [1.165, 1.54) is 11.4 Å². The number of anilines is 2. The van der Waals surface area contributed by atoms with E-state index in [4.69, 9.17) is 19.2 Å². The normalized spacial score (nSPS) is 17.1. The van der Waals surface area contributed by atoms with E-state index in [9.17, 15) is 8.42 Å². The Bertz CT molecular complexity index is 1300. The Labute approximate surface area is 218 Å². The lowest BCUT2D eigenvalue weighted by molar-refractivity contribution is -0.312. The fourth-order valence-electron chi connectivity index (χ4n) is 4.94. The second kappa shape index (κ2) is 10.6. The van der Waals surface area contributed by atoms with E-state index in [0.29, 0.717) is 23.8 Å². The van der Waals surface area contributed by atoms with Crippen LogP contribution in [0.2, 0.25) is 0 Å². The predicted octanol–water partition coefficient (Wildman–Crippen LogP) is 4.79. The summed E-state index contributed by atoms with van der Waals surface area (Å²) in [5.41, 5.74) is 2.19. The average Bonchev–Trinajstić information content (AvgIpc) is 3.40. The number of hydrogen-bond acceptors (Lipinski definition) is 7. The van der Waals surface area contributed by atoms with Crippen LogP contribution >= 0.6 is 0 Å². The number of piperidine rings is 1. The van der Waals surface area contributed by atoms with E-state index < -0.39 is 10.0 Å². The fourth-order valence-corrected chi connectivity index (χ4v) is 6.39. The van der Waals surface area contributed by atoms with Crippen LogP contribution in [0.1, 0.15) is 24.8 Å². The molecular weight excluding hydrogens is 492 g/mol. The van der Waals surface area contributed by atoms with Gasteiger partial charge in [-0.25, -0.2) is 18.2 Å². The molecule has 2 heterocycles. The number of benzene rings is 3. The van der Waals surface area contributed by atoms with Gasteiger partial charge in [-0.1, -0.05) is 30.3 Å². The minimum absolute atomic E-state index is 0.170. The smallest absolute Gasteiger partial charge is 0.264 e. The number of nitrogens with zero attached hydrogens (tertiary/aromatic N) is 2. The molecule has 3 aromatic rings. The molecule has 0 aromatic heterocycles. The van der Waals surface area contributed by atoms with Gasteiger partial charge in [0.2, 0.25) is 0 Å². The Morgan fingerprint density at radius 3 is 2.22 bits per heavy atom. The van der Waals surface area contributed by atoms with Gasteiger partial charge in [-0.15, -0.1) is 0 Å². The molecule has 0 N–H and O–H groups in total. The molecule has 3 aromatic carbocycles. The molecule has 0 unspecified atom stereocenters. The Morgan fingerprint density at radius 2 is 1.59 bits per heavy atom. The van der Waals surface area contributed by atoms with E-state index in [-0.39, 0.29) is 17.0 Å². The molecular formula is C28H32N2O6S. The van der Waals surface area contributed by atoms with Crippen LogP contribution in [0, 0.1) is 0 Å². The van der Waals surface area contributed by atoms with Crippen molar-refractivity contribution >= 4 is 21.4 Å². The van der Waals surface area contributed by atoms with E-state index in [1.54, 1.807) is 37.4 Å². The zero-order valence-corrected chi connectivity index (χ0v) is 21.9. The highest BCUT2D eigenvalue weighted by Crippen LogP contribution is 2.37. The molecule has 2 aliphatic rings. The van der Waals surface area contributed by atoms with Gasteiger partial charge in [0.05, 0.1) is 38.0 Å². The Balaban J connectivity index is 1.42. The third kappa shape index (κ3) is 5.25. The highest BCUT2D eigenvalue weighted by Gasteiger charge is 2.40. The third-order valence-corrected chi connectivity index (χ3v) is 8.95. The summed E-state index contributed by atoms with van der Waals surface area (Å²) in [5.74, 6) is 0.994. The van der Waals surface area contributed by atoms with Crippen molar-refractivity contribution in [1.29, 1.82) is 0 Å². The molecule has 0 bridgehead atoms. The van der Waals surface area contributed by atoms with Gasteiger partial charge in [-0.2, -0.15) is 0 Å². The summed E-state index contributed by atoms with van der Waals surface area (Å²) >= 11 is 0. The van der Waals surface area contributed by atoms with Gasteiger partial charge in [0.15, 0.2) is 11.5 Å². The average molecular weight is 525 g/mol. The first-order valence-electron chi connectivity index (χ1n) is 12.4. The maximum absolute atomic E-state index is 14.0. The first kappa shape index (κ1) is 25.4. The van der Waals surface area contributed by atoms with Crippen LogP contribution in [0.4, 0.5) is 11.4 Å². The summed E-state index contributed by atoms with van der Waals surface area (Å²) in [5, 5.41) is 0. The summed E-state index contributed by atoms with van der Waals surface area (Å²) in [7, 11) is -0.798. The minimum atomic E-state index is -3.88. The maximum atomic E-state index is 14.0. The predicted molar refractivity (Wildman–Crippen MR) is 142 cm³/mol. The zero-order chi connectivity index (χ0) is 25.9. The quantitative estimate of drug-likeness (QED) is 0.392. The van der Waals surface area contributed by atoms with Gasteiger partial charge in [0.25, 0.3) is 10.0 Å². The highest BCUT2D eigenvalue weighted by atomic mass is 32.2. The van der Waals surface area contributed by atoms with Crippen molar-refractivity contribution in [2.75, 3.05) is 43.1 Å². The largest absolute Gasteiger partial charge is 0.493 e. The molecule has 0 atom stereocenters. The first-order chi connectivity index (χ1) is 17.9. The first-order valence-corrected chi connectivity index (χ1v) is 13.8. The number of sulfonamides is 1. The maximum Gasteiger partial charge on any atom is 0.264 e. The molecule has 0 amide bonds. The number of rotatable bonds is 8. The minimum Gasteiger partial charge on any atom is -0.493 e. The van der Waals surface area contributed by atoms with Crippen molar-refractivity contribution in [3.8, 4) is 11.5 Å². The second-order valence-electron chi connectivity index (χ2n) is 9.36. The van der Waals surface area contributed by atoms with E-state index in [0.717, 1.165) is 43.6 Å². The fraction of sp³-hybridized carbons (Fsp3) is 0.357. The molecule has 37 heavy (non-hydrogen) atoms. The van der Waals surface area contributed by atoms with Crippen molar-refractivity contribution in [1.82, 2.24) is 0 Å². The Morgan fingerprint density at radius 1 is 0.892 bits per heavy atom. The number of hydrogen-bond donors (Lipinski definition) is 0. The Hall–Kier alpha value is -3.27. The van der Waals surface area contributed by atoms with E-state index in [1.807, 2.05) is 42.5 Å². The summed E-state index contributed by atoms with van der Waals surface area (Å²) < 4.78 is 40.1. The van der Waals surface area contributed by atoms with E-state index >= 15 is 0 Å². The number of methoxy groups -OCH3 is 2. The Kier molecular flexibility index (Phi) is 7.28. The second-order valence-corrected chi connectivity index (χ2v) is 11.2. The lowest BCUT2D eigenvalue weighted by Gasteiger charge is -2.38. The summed E-state index contributed by atoms with van der Waals surface area (Å²) in [6.45, 7) is 2.49. The van der Waals surface area contributed by atoms with Crippen LogP contribution in [-0.4, -0.2) is 47.9 Å². The van der Waals surface area contributed by atoms with E-state index in [2.05, 4.69) is 4.90 Å². The van der Waals surface area contributed by atoms with Gasteiger partial charge in [0, 0.05) is 31.3 Å². The molecule has 5 rings (SSSR count). The molecule has 196 valence electrons. The monoisotopic (exact) mass is 524 g/mol. The number of ether oxygens (including phenoxy) is 2. The molecule has 2 saturated heterocycles. The van der Waals surface area contributed by atoms with Crippen LogP contribution in [-0.2, 0) is 26.3 Å². The van der Waals surface area contributed by atoms with Gasteiger partial charge < -0.3 is 14.4 Å². The van der Waals surface area contributed by atoms with Crippen molar-refractivity contribution < 1.29 is 27.7 Å². The third-order valence-electron chi connectivity index (χ3n) is 7.17. The molecule has 0 saturated carbocycles. The standard InChI is InChI=1S/C28H32N2O6S/c1-33-26-13-10-24(20-27(26)34-2)30(21-22-6-4-3-5-7-22)37(31,32)25-11-8-23(9-12-25)29-17-14-28(15-18-29)16-19-35-36-28/h3-13,20H,14-19,21H2,1-2H3. The molecule has 0 radical (unpaired) electrons. The molecule has 0 aliphatic carbocycles. The summed E-state index contributed by atoms with van der Waals surface area (Å²) in [6, 6.07) is 21.8. The molecule has 2 aliphatic heterocycles. The highest BCUT2D eigenvalue weighted by molar-refractivity contribution is 7.92. The van der Waals surface area contributed by atoms with Gasteiger partial charge >= 0.3 is 0 Å². The van der Waals surface area contributed by atoms with Crippen LogP contribution < -0.4 is 18.7 Å². The molecule has 8 nitrogen and oxygen atoms in total. The van der Waals surface area contributed by atoms with Gasteiger partial charge in [-0.05, 0) is 54.8 Å². The molecule has 2 fully saturated rings. The SMILES string of the molecule is COc1ccc(N(Cc2ccccc2)S(=O)(=O)c2ccc(N3CCC4(CCOO4)CC3)cc2)cc1OC. The van der Waals surface area contributed by atoms with Crippen molar-refractivity contribution in [2.24, 2.45) is 0 Å². The lowest BCUT2D eigenvalue weighted by atomic mass is 9.89. The lowest BCUT2D eigenvalue weighted by Crippen LogP contribution is -2.44. The van der Waals surface area contributed by atoms with Gasteiger partial charge in [-0.3, -0.25) is 4.31 Å². The van der Waals surface area contributed by atoms with Gasteiger partial charge in [0.1, 0.15) is 5.60 Å². The zero-order valence-electron chi connectivity index (χ0n) is 21.1. The topological polar surface area (TPSA) is 77.5 Å². The summed E-state index contributed by atoms with van der Waals surface area (Å²) in [6.07, 6.45) is 2.69. The van der Waals surface area contributed by atoms with Crippen molar-refractivity contribution in [3.05, 3.63) is 78.4 Å². The molecule has 1 spiro atoms. The summed E-state index contributed by atoms with van der Waals surface area (Å²) in [4.78, 5) is 13.2. The van der Waals surface area contributed by atoms with Crippen LogP contribution in [0.15, 0.2) is 77.7 Å². The van der Waals surface area contributed by atoms with Crippen molar-refractivity contribution in [2.45, 2.75) is 36.3 Å². The van der Waals surface area contributed by atoms with Crippen LogP contribution in [0.3, 0.4) is 0 Å². The van der Waals surface area contributed by atoms with Crippen LogP contribution in [0.25, 0.3) is 0 Å². The molecule has 9 heteroatoms. The van der Waals surface area contributed by atoms with Crippen molar-refractivity contribution in [3.63, 3.8) is 0 Å². The van der Waals surface area contributed by atoms with Crippen LogP contribution in [0.5, 0.6) is 11.5 Å².